The van der Waals surface area contributed by atoms with Crippen LogP contribution in [-0.2, 0) is 16.0 Å². The highest BCUT2D eigenvalue weighted by atomic mass is 19.1. The molecular weight excluding hydrogens is 497 g/mol. The largest absolute Gasteiger partial charge is 0.395 e. The van der Waals surface area contributed by atoms with Crippen molar-refractivity contribution >= 4 is 22.5 Å². The Morgan fingerprint density at radius 3 is 2.72 bits per heavy atom. The van der Waals surface area contributed by atoms with E-state index in [9.17, 15) is 14.3 Å². The maximum absolute atomic E-state index is 14.9. The molecule has 9 heteroatoms. The minimum absolute atomic E-state index is 0.00139. The third-order valence-corrected chi connectivity index (χ3v) is 7.21. The molecule has 1 aliphatic heterocycles. The minimum atomic E-state index is -0.976. The molecule has 1 fully saturated rings. The van der Waals surface area contributed by atoms with Crippen molar-refractivity contribution in [3.63, 3.8) is 0 Å². The second-order valence-electron chi connectivity index (χ2n) is 9.75. The van der Waals surface area contributed by atoms with Gasteiger partial charge < -0.3 is 26.2 Å². The standard InChI is InChI=1S/C30H32FN5O3/c31-25-15-33-16-27(24(25)11-10-21-14-35-20(17-37)18-39-21)36-30(38)29(32)28(19-6-2-1-3-7-19)23-12-13-34-26-9-5-4-8-22(23)26/h1-9,12-13,15-16,20-21,28-29,35,37H,10-11,14,17-18,32H2,(H,36,38)/t20-,21-,28+,29+/m1/s1. The average molecular weight is 530 g/mol. The zero-order valence-corrected chi connectivity index (χ0v) is 21.5. The van der Waals surface area contributed by atoms with E-state index >= 15 is 0 Å². The Balaban J connectivity index is 1.39. The number of nitrogens with two attached hydrogens (primary N) is 1. The molecule has 1 saturated heterocycles. The number of hydrogen-bond donors (Lipinski definition) is 4. The molecule has 2 aromatic carbocycles. The fraction of sp³-hybridized carbons (Fsp3) is 0.300. The highest BCUT2D eigenvalue weighted by Gasteiger charge is 2.30. The van der Waals surface area contributed by atoms with Crippen LogP contribution in [0, 0.1) is 5.82 Å². The molecule has 0 saturated carbocycles. The highest BCUT2D eigenvalue weighted by Crippen LogP contribution is 2.33. The lowest BCUT2D eigenvalue weighted by molar-refractivity contribution is -0.117. The normalized spacial score (nSPS) is 18.9. The second kappa shape index (κ2) is 12.4. The molecular formula is C30H32FN5O3. The Labute approximate surface area is 226 Å². The molecule has 0 radical (unpaired) electrons. The van der Waals surface area contributed by atoms with Crippen LogP contribution < -0.4 is 16.4 Å². The summed E-state index contributed by atoms with van der Waals surface area (Å²) in [5.74, 6) is -1.41. The van der Waals surface area contributed by atoms with Crippen molar-refractivity contribution in [3.8, 4) is 0 Å². The number of nitrogens with one attached hydrogen (secondary N) is 2. The summed E-state index contributed by atoms with van der Waals surface area (Å²) >= 11 is 0. The van der Waals surface area contributed by atoms with Gasteiger partial charge in [0.15, 0.2) is 0 Å². The molecule has 2 aromatic heterocycles. The first-order valence-corrected chi connectivity index (χ1v) is 13.1. The van der Waals surface area contributed by atoms with Gasteiger partial charge in [-0.3, -0.25) is 14.8 Å². The van der Waals surface area contributed by atoms with Crippen LogP contribution in [0.4, 0.5) is 10.1 Å². The van der Waals surface area contributed by atoms with E-state index in [4.69, 9.17) is 10.5 Å². The summed E-state index contributed by atoms with van der Waals surface area (Å²) in [5, 5.41) is 16.2. The number of carbonyl (C=O) groups excluding carboxylic acids is 1. The zero-order chi connectivity index (χ0) is 27.2. The second-order valence-corrected chi connectivity index (χ2v) is 9.75. The predicted octanol–water partition coefficient (Wildman–Crippen LogP) is 3.15. The Morgan fingerprint density at radius 1 is 1.15 bits per heavy atom. The van der Waals surface area contributed by atoms with Gasteiger partial charge in [-0.15, -0.1) is 0 Å². The predicted molar refractivity (Wildman–Crippen MR) is 148 cm³/mol. The number of benzene rings is 2. The molecule has 0 spiro atoms. The zero-order valence-electron chi connectivity index (χ0n) is 21.5. The van der Waals surface area contributed by atoms with Crippen LogP contribution in [0.5, 0.6) is 0 Å². The van der Waals surface area contributed by atoms with Crippen molar-refractivity contribution in [2.45, 2.75) is 36.9 Å². The van der Waals surface area contributed by atoms with Gasteiger partial charge in [-0.1, -0.05) is 48.5 Å². The first kappa shape index (κ1) is 26.8. The van der Waals surface area contributed by atoms with E-state index in [1.807, 2.05) is 60.7 Å². The smallest absolute Gasteiger partial charge is 0.242 e. The van der Waals surface area contributed by atoms with Crippen molar-refractivity contribution < 1.29 is 19.0 Å². The van der Waals surface area contributed by atoms with E-state index in [1.54, 1.807) is 6.20 Å². The van der Waals surface area contributed by atoms with Crippen molar-refractivity contribution in [1.29, 1.82) is 0 Å². The van der Waals surface area contributed by atoms with Crippen molar-refractivity contribution in [2.24, 2.45) is 5.73 Å². The fourth-order valence-electron chi connectivity index (χ4n) is 5.10. The maximum atomic E-state index is 14.9. The van der Waals surface area contributed by atoms with Crippen LogP contribution in [0.2, 0.25) is 0 Å². The SMILES string of the molecule is N[C@H](C(=O)Nc1cncc(F)c1CC[C@@H]1CN[C@H](CO)CO1)[C@@H](c1ccccc1)c1ccnc2ccccc12. The van der Waals surface area contributed by atoms with Gasteiger partial charge in [0, 0.05) is 29.6 Å². The van der Waals surface area contributed by atoms with Crippen molar-refractivity contribution in [1.82, 2.24) is 15.3 Å². The number of aliphatic hydroxyl groups is 1. The van der Waals surface area contributed by atoms with Crippen LogP contribution in [-0.4, -0.2) is 58.9 Å². The molecule has 39 heavy (non-hydrogen) atoms. The number of aromatic nitrogens is 2. The Morgan fingerprint density at radius 2 is 1.95 bits per heavy atom. The van der Waals surface area contributed by atoms with Gasteiger partial charge in [0.25, 0.3) is 0 Å². The summed E-state index contributed by atoms with van der Waals surface area (Å²) < 4.78 is 20.7. The minimum Gasteiger partial charge on any atom is -0.395 e. The van der Waals surface area contributed by atoms with Crippen molar-refractivity contribution in [3.05, 3.63) is 102 Å². The van der Waals surface area contributed by atoms with Gasteiger partial charge >= 0.3 is 0 Å². The number of pyridine rings is 2. The molecule has 202 valence electrons. The summed E-state index contributed by atoms with van der Waals surface area (Å²) in [4.78, 5) is 22.0. The topological polar surface area (TPSA) is 122 Å². The van der Waals surface area contributed by atoms with Crippen molar-refractivity contribution in [2.75, 3.05) is 25.1 Å². The number of rotatable bonds is 9. The highest BCUT2D eigenvalue weighted by molar-refractivity contribution is 5.97. The van der Waals surface area contributed by atoms with Gasteiger partial charge in [0.05, 0.1) is 55.0 Å². The Hall–Kier alpha value is -3.76. The van der Waals surface area contributed by atoms with Gasteiger partial charge in [0.2, 0.25) is 5.91 Å². The Kier molecular flexibility index (Phi) is 8.53. The summed E-state index contributed by atoms with van der Waals surface area (Å²) in [6.07, 6.45) is 5.06. The first-order chi connectivity index (χ1) is 19.0. The molecule has 0 bridgehead atoms. The number of anilines is 1. The molecule has 1 aliphatic rings. The summed E-state index contributed by atoms with van der Waals surface area (Å²) in [6.45, 7) is 0.952. The van der Waals surface area contributed by atoms with Crippen LogP contribution in [0.3, 0.4) is 0 Å². The molecule has 1 amide bonds. The number of para-hydroxylation sites is 1. The number of nitrogens with zero attached hydrogens (tertiary/aromatic N) is 2. The lowest BCUT2D eigenvalue weighted by Crippen LogP contribution is -2.48. The number of fused-ring (bicyclic) bond motifs is 1. The van der Waals surface area contributed by atoms with Gasteiger partial charge in [-0.25, -0.2) is 4.39 Å². The molecule has 0 aliphatic carbocycles. The molecule has 4 aromatic rings. The number of ether oxygens (including phenoxy) is 1. The molecule has 5 rings (SSSR count). The molecule has 3 heterocycles. The summed E-state index contributed by atoms with van der Waals surface area (Å²) in [6, 6.07) is 18.2. The van der Waals surface area contributed by atoms with Crippen LogP contribution in [0.15, 0.2) is 79.3 Å². The van der Waals surface area contributed by atoms with Crippen LogP contribution >= 0.6 is 0 Å². The number of carbonyl (C=O) groups is 1. The van der Waals surface area contributed by atoms with Crippen LogP contribution in [0.1, 0.15) is 29.0 Å². The summed E-state index contributed by atoms with van der Waals surface area (Å²) in [5.41, 5.74) is 9.90. The number of hydrogen-bond acceptors (Lipinski definition) is 7. The van der Waals surface area contributed by atoms with Gasteiger partial charge in [-0.2, -0.15) is 0 Å². The number of halogens is 1. The lowest BCUT2D eigenvalue weighted by Gasteiger charge is -2.29. The molecule has 8 nitrogen and oxygen atoms in total. The van der Waals surface area contributed by atoms with E-state index in [-0.39, 0.29) is 18.8 Å². The fourth-order valence-corrected chi connectivity index (χ4v) is 5.10. The lowest BCUT2D eigenvalue weighted by atomic mass is 9.83. The summed E-state index contributed by atoms with van der Waals surface area (Å²) in [7, 11) is 0. The maximum Gasteiger partial charge on any atom is 0.242 e. The quantitative estimate of drug-likeness (QED) is 0.263. The molecule has 5 N–H and O–H groups in total. The third kappa shape index (κ3) is 6.12. The molecule has 4 atom stereocenters. The monoisotopic (exact) mass is 529 g/mol. The number of amides is 1. The number of morpholine rings is 1. The Bertz CT molecular complexity index is 1410. The van der Waals surface area contributed by atoms with E-state index in [1.165, 1.54) is 6.20 Å². The third-order valence-electron chi connectivity index (χ3n) is 7.21. The van der Waals surface area contributed by atoms with E-state index in [0.717, 1.165) is 28.2 Å². The van der Waals surface area contributed by atoms with E-state index in [2.05, 4.69) is 20.6 Å². The van der Waals surface area contributed by atoms with Gasteiger partial charge in [-0.05, 0) is 36.1 Å². The van der Waals surface area contributed by atoms with Crippen LogP contribution in [0.25, 0.3) is 10.9 Å². The molecule has 0 unspecified atom stereocenters. The van der Waals surface area contributed by atoms with E-state index in [0.29, 0.717) is 37.2 Å². The number of aliphatic hydroxyl groups excluding tert-OH is 1. The van der Waals surface area contributed by atoms with Gasteiger partial charge in [0.1, 0.15) is 5.82 Å². The van der Waals surface area contributed by atoms with E-state index < -0.39 is 23.7 Å². The first-order valence-electron chi connectivity index (χ1n) is 13.1. The average Bonchev–Trinajstić information content (AvgIpc) is 2.98.